The van der Waals surface area contributed by atoms with Crippen molar-refractivity contribution in [1.29, 1.82) is 0 Å². The number of rotatable bonds is 7. The lowest BCUT2D eigenvalue weighted by Gasteiger charge is -2.26. The van der Waals surface area contributed by atoms with E-state index >= 15 is 0 Å². The fourth-order valence-corrected chi connectivity index (χ4v) is 3.92. The second-order valence-electron chi connectivity index (χ2n) is 8.19. The van der Waals surface area contributed by atoms with Gasteiger partial charge in [-0.15, -0.1) is 12.4 Å². The van der Waals surface area contributed by atoms with E-state index < -0.39 is 12.1 Å². The lowest BCUT2D eigenvalue weighted by atomic mass is 10.0. The van der Waals surface area contributed by atoms with Crippen LogP contribution in [-0.2, 0) is 14.4 Å². The van der Waals surface area contributed by atoms with E-state index in [1.54, 1.807) is 0 Å². The molecular formula is C23H31ClN4O3. The largest absolute Gasteiger partial charge is 0.342 e. The molecule has 1 heterocycles. The number of nitrogens with two attached hydrogens (primary N) is 1. The summed E-state index contributed by atoms with van der Waals surface area (Å²) in [5.41, 5.74) is 6.15. The molecule has 1 fully saturated rings. The van der Waals surface area contributed by atoms with Crippen molar-refractivity contribution in [2.24, 2.45) is 11.7 Å². The summed E-state index contributed by atoms with van der Waals surface area (Å²) in [6.45, 7) is 4.40. The van der Waals surface area contributed by atoms with E-state index in [4.69, 9.17) is 5.73 Å². The number of hydrogen-bond acceptors (Lipinski definition) is 4. The third-order valence-electron chi connectivity index (χ3n) is 5.41. The van der Waals surface area contributed by atoms with Gasteiger partial charge < -0.3 is 21.3 Å². The number of hydrogen-bond donors (Lipinski definition) is 3. The summed E-state index contributed by atoms with van der Waals surface area (Å²) in [6, 6.07) is 12.4. The molecule has 0 aromatic heterocycles. The Balaban J connectivity index is 0.00000341. The molecular weight excluding hydrogens is 416 g/mol. The third-order valence-corrected chi connectivity index (χ3v) is 5.41. The van der Waals surface area contributed by atoms with E-state index in [-0.39, 0.29) is 42.6 Å². The fourth-order valence-electron chi connectivity index (χ4n) is 3.92. The Morgan fingerprint density at radius 1 is 1.13 bits per heavy atom. The van der Waals surface area contributed by atoms with Gasteiger partial charge in [-0.2, -0.15) is 0 Å². The maximum atomic E-state index is 13.0. The average molecular weight is 447 g/mol. The predicted octanol–water partition coefficient (Wildman–Crippen LogP) is 2.68. The van der Waals surface area contributed by atoms with E-state index in [9.17, 15) is 14.4 Å². The molecule has 3 rings (SSSR count). The normalized spacial score (nSPS) is 16.6. The van der Waals surface area contributed by atoms with E-state index in [0.717, 1.165) is 17.2 Å². The lowest BCUT2D eigenvalue weighted by Crippen LogP contribution is -2.53. The van der Waals surface area contributed by atoms with E-state index in [1.807, 2.05) is 56.3 Å². The highest BCUT2D eigenvalue weighted by Gasteiger charge is 2.35. The number of fused-ring (bicyclic) bond motifs is 1. The van der Waals surface area contributed by atoms with Crippen molar-refractivity contribution < 1.29 is 14.4 Å². The van der Waals surface area contributed by atoms with Gasteiger partial charge in [0.05, 0.1) is 6.54 Å². The second kappa shape index (κ2) is 11.1. The highest BCUT2D eigenvalue weighted by molar-refractivity contribution is 6.00. The van der Waals surface area contributed by atoms with Crippen molar-refractivity contribution in [3.05, 3.63) is 42.5 Å². The number of anilines is 1. The lowest BCUT2D eigenvalue weighted by molar-refractivity contribution is -0.138. The molecule has 2 aromatic carbocycles. The Morgan fingerprint density at radius 3 is 2.52 bits per heavy atom. The molecule has 0 spiro atoms. The Morgan fingerprint density at radius 2 is 1.84 bits per heavy atom. The van der Waals surface area contributed by atoms with Gasteiger partial charge in [0.1, 0.15) is 12.1 Å². The number of carbonyl (C=O) groups is 3. The van der Waals surface area contributed by atoms with Gasteiger partial charge in [-0.25, -0.2) is 0 Å². The number of benzene rings is 2. The van der Waals surface area contributed by atoms with Gasteiger partial charge in [-0.3, -0.25) is 14.4 Å². The molecule has 0 bridgehead atoms. The number of carbonyl (C=O) groups excluding carboxylic acids is 3. The van der Waals surface area contributed by atoms with Crippen molar-refractivity contribution in [2.75, 3.05) is 18.4 Å². The molecule has 3 amide bonds. The molecule has 0 aliphatic carbocycles. The van der Waals surface area contributed by atoms with Crippen LogP contribution < -0.4 is 16.4 Å². The van der Waals surface area contributed by atoms with Gasteiger partial charge in [0.15, 0.2) is 0 Å². The van der Waals surface area contributed by atoms with Gasteiger partial charge in [0.2, 0.25) is 17.7 Å². The van der Waals surface area contributed by atoms with Crippen LogP contribution in [0.5, 0.6) is 0 Å². The molecule has 4 N–H and O–H groups in total. The zero-order valence-electron chi connectivity index (χ0n) is 18.0. The molecule has 1 aliphatic rings. The minimum atomic E-state index is -0.681. The number of likely N-dealkylation sites (tertiary alicyclic amines) is 1. The summed E-state index contributed by atoms with van der Waals surface area (Å²) in [7, 11) is 0. The van der Waals surface area contributed by atoms with E-state index in [0.29, 0.717) is 25.1 Å². The van der Waals surface area contributed by atoms with Crippen LogP contribution in [0.1, 0.15) is 33.1 Å². The zero-order valence-corrected chi connectivity index (χ0v) is 18.8. The van der Waals surface area contributed by atoms with Crippen LogP contribution >= 0.6 is 12.4 Å². The maximum Gasteiger partial charge on any atom is 0.246 e. The monoisotopic (exact) mass is 446 g/mol. The predicted molar refractivity (Wildman–Crippen MR) is 125 cm³/mol. The van der Waals surface area contributed by atoms with Crippen LogP contribution in [0.4, 0.5) is 5.69 Å². The average Bonchev–Trinajstić information content (AvgIpc) is 3.22. The molecule has 0 saturated carbocycles. The summed E-state index contributed by atoms with van der Waals surface area (Å²) < 4.78 is 0. The first-order chi connectivity index (χ1) is 14.4. The van der Waals surface area contributed by atoms with Crippen molar-refractivity contribution in [2.45, 2.75) is 45.2 Å². The Labute approximate surface area is 189 Å². The molecule has 2 aromatic rings. The summed E-state index contributed by atoms with van der Waals surface area (Å²) in [4.78, 5) is 39.4. The van der Waals surface area contributed by atoms with Crippen LogP contribution in [0.2, 0.25) is 0 Å². The molecule has 0 radical (unpaired) electrons. The van der Waals surface area contributed by atoms with Crippen LogP contribution in [0.3, 0.4) is 0 Å². The smallest absolute Gasteiger partial charge is 0.246 e. The molecule has 0 unspecified atom stereocenters. The Kier molecular flexibility index (Phi) is 8.83. The van der Waals surface area contributed by atoms with Gasteiger partial charge in [-0.1, -0.05) is 44.2 Å². The first-order valence-corrected chi connectivity index (χ1v) is 10.5. The molecule has 7 nitrogen and oxygen atoms in total. The molecule has 2 atom stereocenters. The van der Waals surface area contributed by atoms with Crippen LogP contribution in [0.25, 0.3) is 10.8 Å². The highest BCUT2D eigenvalue weighted by Crippen LogP contribution is 2.21. The van der Waals surface area contributed by atoms with Gasteiger partial charge in [0.25, 0.3) is 0 Å². The van der Waals surface area contributed by atoms with E-state index in [2.05, 4.69) is 10.6 Å². The third kappa shape index (κ3) is 6.18. The first kappa shape index (κ1) is 24.6. The number of nitrogens with zero attached hydrogens (tertiary/aromatic N) is 1. The van der Waals surface area contributed by atoms with Crippen molar-refractivity contribution in [3.8, 4) is 0 Å². The van der Waals surface area contributed by atoms with Crippen molar-refractivity contribution in [1.82, 2.24) is 10.2 Å². The van der Waals surface area contributed by atoms with Crippen LogP contribution in [0, 0.1) is 5.92 Å². The SMILES string of the molecule is CC(C)C[C@H](NC(=O)[C@@H]1CCCN1C(=O)CN)C(=O)Nc1ccc2ccccc2c1.Cl. The number of amides is 3. The summed E-state index contributed by atoms with van der Waals surface area (Å²) in [5, 5.41) is 7.92. The second-order valence-corrected chi connectivity index (χ2v) is 8.19. The summed E-state index contributed by atoms with van der Waals surface area (Å²) in [6.07, 6.45) is 1.84. The summed E-state index contributed by atoms with van der Waals surface area (Å²) >= 11 is 0. The molecule has 1 aliphatic heterocycles. The van der Waals surface area contributed by atoms with Crippen LogP contribution in [-0.4, -0.2) is 47.8 Å². The highest BCUT2D eigenvalue weighted by atomic mass is 35.5. The zero-order chi connectivity index (χ0) is 21.7. The molecule has 8 heteroatoms. The molecule has 1 saturated heterocycles. The van der Waals surface area contributed by atoms with Gasteiger partial charge in [0, 0.05) is 12.2 Å². The van der Waals surface area contributed by atoms with E-state index in [1.165, 1.54) is 4.90 Å². The van der Waals surface area contributed by atoms with Crippen LogP contribution in [0.15, 0.2) is 42.5 Å². The summed E-state index contributed by atoms with van der Waals surface area (Å²) in [5.74, 6) is -0.590. The Hall–Kier alpha value is -2.64. The maximum absolute atomic E-state index is 13.0. The minimum absolute atomic E-state index is 0. The number of nitrogens with one attached hydrogen (secondary N) is 2. The quantitative estimate of drug-likeness (QED) is 0.608. The van der Waals surface area contributed by atoms with Gasteiger partial charge >= 0.3 is 0 Å². The standard InChI is InChI=1S/C23H30N4O3.ClH/c1-15(2)12-19(26-23(30)20-8-5-11-27(20)21(28)14-24)22(29)25-18-10-9-16-6-3-4-7-17(16)13-18;/h3-4,6-7,9-10,13,15,19-20H,5,8,11-12,14,24H2,1-2H3,(H,25,29)(H,26,30);1H/t19-,20-;/m0./s1. The van der Waals surface area contributed by atoms with Crippen molar-refractivity contribution >= 4 is 46.6 Å². The minimum Gasteiger partial charge on any atom is -0.342 e. The topological polar surface area (TPSA) is 105 Å². The Bertz CT molecular complexity index is 934. The molecule has 31 heavy (non-hydrogen) atoms. The number of halogens is 1. The van der Waals surface area contributed by atoms with Crippen molar-refractivity contribution in [3.63, 3.8) is 0 Å². The van der Waals surface area contributed by atoms with Gasteiger partial charge in [-0.05, 0) is 48.1 Å². The fraction of sp³-hybridized carbons (Fsp3) is 0.435. The first-order valence-electron chi connectivity index (χ1n) is 10.5. The molecule has 168 valence electrons.